The number of aliphatic hydroxyl groups is 1. The molecule has 2 atom stereocenters. The average Bonchev–Trinajstić information content (AvgIpc) is 2.72. The third-order valence-corrected chi connectivity index (χ3v) is 6.64. The summed E-state index contributed by atoms with van der Waals surface area (Å²) in [5.74, 6) is 1.88. The quantitative estimate of drug-likeness (QED) is 0.105. The van der Waals surface area contributed by atoms with Gasteiger partial charge in [0.1, 0.15) is 18.7 Å². The molecular formula is C26H53N5O2S. The van der Waals surface area contributed by atoms with Crippen molar-refractivity contribution in [2.45, 2.75) is 105 Å². The molecule has 2 unspecified atom stereocenters. The molecule has 0 bridgehead atoms. The second-order valence-electron chi connectivity index (χ2n) is 12.0. The molecule has 0 radical (unpaired) electrons. The lowest BCUT2D eigenvalue weighted by Crippen LogP contribution is -2.47. The molecular weight excluding hydrogens is 446 g/mol. The minimum atomic E-state index is -0.197. The van der Waals surface area contributed by atoms with Gasteiger partial charge in [0.2, 0.25) is 0 Å². The van der Waals surface area contributed by atoms with E-state index in [0.29, 0.717) is 18.5 Å². The third-order valence-electron chi connectivity index (χ3n) is 5.56. The van der Waals surface area contributed by atoms with Crippen molar-refractivity contribution in [1.82, 2.24) is 21.5 Å². The van der Waals surface area contributed by atoms with Crippen LogP contribution in [0, 0.1) is 10.8 Å². The maximum absolute atomic E-state index is 9.72. The molecule has 1 aliphatic heterocycles. The minimum absolute atomic E-state index is 0.0483. The van der Waals surface area contributed by atoms with E-state index in [1.165, 1.54) is 6.42 Å². The van der Waals surface area contributed by atoms with Gasteiger partial charge in [0, 0.05) is 47.7 Å². The van der Waals surface area contributed by atoms with Crippen molar-refractivity contribution >= 4 is 17.6 Å². The third kappa shape index (κ3) is 13.9. The Morgan fingerprint density at radius 2 is 1.88 bits per heavy atom. The van der Waals surface area contributed by atoms with Crippen LogP contribution in [0.1, 0.15) is 88.0 Å². The molecule has 200 valence electrons. The van der Waals surface area contributed by atoms with Gasteiger partial charge in [-0.3, -0.25) is 4.99 Å². The van der Waals surface area contributed by atoms with Crippen molar-refractivity contribution < 1.29 is 9.84 Å². The Morgan fingerprint density at radius 3 is 2.44 bits per heavy atom. The maximum atomic E-state index is 9.72. The van der Waals surface area contributed by atoms with Crippen LogP contribution in [0.2, 0.25) is 0 Å². The van der Waals surface area contributed by atoms with E-state index in [2.05, 4.69) is 89.9 Å². The molecule has 1 rings (SSSR count). The van der Waals surface area contributed by atoms with Crippen molar-refractivity contribution in [3.8, 4) is 0 Å². The van der Waals surface area contributed by atoms with Crippen molar-refractivity contribution in [1.29, 1.82) is 0 Å². The normalized spacial score (nSPS) is 19.8. The van der Waals surface area contributed by atoms with Gasteiger partial charge in [-0.25, -0.2) is 10.9 Å². The first kappa shape index (κ1) is 31.2. The van der Waals surface area contributed by atoms with Crippen molar-refractivity contribution in [3.63, 3.8) is 0 Å². The molecule has 1 fully saturated rings. The Bertz CT molecular complexity index is 638. The Kier molecular flexibility index (Phi) is 13.5. The van der Waals surface area contributed by atoms with E-state index in [4.69, 9.17) is 9.73 Å². The Balaban J connectivity index is 3.06. The van der Waals surface area contributed by atoms with Gasteiger partial charge in [0.15, 0.2) is 0 Å². The molecule has 1 saturated heterocycles. The first-order valence-electron chi connectivity index (χ1n) is 12.9. The number of hydrogen-bond acceptors (Lipinski definition) is 7. The van der Waals surface area contributed by atoms with Gasteiger partial charge in [0.05, 0.1) is 0 Å². The van der Waals surface area contributed by atoms with Crippen molar-refractivity contribution in [2.24, 2.45) is 15.8 Å². The van der Waals surface area contributed by atoms with Crippen LogP contribution in [-0.2, 0) is 4.74 Å². The Labute approximate surface area is 213 Å². The highest BCUT2D eigenvalue weighted by atomic mass is 32.2. The number of aliphatic hydroxyl groups excluding tert-OH is 1. The molecule has 1 aliphatic rings. The first-order chi connectivity index (χ1) is 15.8. The molecule has 8 heteroatoms. The van der Waals surface area contributed by atoms with Crippen LogP contribution in [0.5, 0.6) is 0 Å². The summed E-state index contributed by atoms with van der Waals surface area (Å²) in [6, 6.07) is 0. The predicted octanol–water partition coefficient (Wildman–Crippen LogP) is 4.40. The molecule has 5 N–H and O–H groups in total. The molecule has 34 heavy (non-hydrogen) atoms. The summed E-state index contributed by atoms with van der Waals surface area (Å²) in [5, 5.41) is 17.3. The summed E-state index contributed by atoms with van der Waals surface area (Å²) in [6.07, 6.45) is 6.53. The van der Waals surface area contributed by atoms with E-state index < -0.39 is 0 Å². The number of rotatable bonds is 14. The zero-order chi connectivity index (χ0) is 25.8. The van der Waals surface area contributed by atoms with Crippen LogP contribution in [0.4, 0.5) is 0 Å². The maximum Gasteiger partial charge on any atom is 0.124 e. The van der Waals surface area contributed by atoms with E-state index in [1.807, 2.05) is 11.8 Å². The van der Waals surface area contributed by atoms with E-state index in [1.54, 1.807) is 0 Å². The highest BCUT2D eigenvalue weighted by molar-refractivity contribution is 8.00. The zero-order valence-electron chi connectivity index (χ0n) is 23.3. The van der Waals surface area contributed by atoms with Gasteiger partial charge >= 0.3 is 0 Å². The second-order valence-corrected chi connectivity index (χ2v) is 13.6. The van der Waals surface area contributed by atoms with Gasteiger partial charge in [0.25, 0.3) is 0 Å². The fraction of sp³-hybridized carbons (Fsp3) is 0.885. The molecule has 0 aromatic heterocycles. The molecule has 0 aliphatic carbocycles. The van der Waals surface area contributed by atoms with Gasteiger partial charge in [-0.15, -0.1) is 0 Å². The molecule has 0 aromatic carbocycles. The summed E-state index contributed by atoms with van der Waals surface area (Å²) in [7, 11) is 0. The minimum Gasteiger partial charge on any atom is -0.396 e. The average molecular weight is 500 g/mol. The van der Waals surface area contributed by atoms with Crippen LogP contribution in [0.15, 0.2) is 16.8 Å². The fourth-order valence-electron chi connectivity index (χ4n) is 4.17. The highest BCUT2D eigenvalue weighted by Gasteiger charge is 2.26. The molecule has 7 nitrogen and oxygen atoms in total. The van der Waals surface area contributed by atoms with Crippen molar-refractivity contribution in [3.05, 3.63) is 11.8 Å². The van der Waals surface area contributed by atoms with Crippen LogP contribution < -0.4 is 21.5 Å². The number of ether oxygens (including phenoxy) is 1. The number of aliphatic imine (C=N–C) groups is 1. The standard InChI is InChI=1S/C26H53N5O2S/c1-10-34-20(2)21(27-17-25(6,7)18-32)15-22(30-26(8,9)16-24(3,4)5)28-19-29-31-23-13-11-12-14-33-23/h15,20,23,27,29,31-32H,10-14,16-19H2,1-9H3,(H,28,30)/b21-15+. The van der Waals surface area contributed by atoms with Gasteiger partial charge < -0.3 is 20.5 Å². The lowest BCUT2D eigenvalue weighted by molar-refractivity contribution is -0.0139. The largest absolute Gasteiger partial charge is 0.396 e. The second kappa shape index (κ2) is 14.7. The van der Waals surface area contributed by atoms with Gasteiger partial charge in [-0.1, -0.05) is 41.5 Å². The molecule has 1 heterocycles. The van der Waals surface area contributed by atoms with Gasteiger partial charge in [-0.05, 0) is 57.6 Å². The molecule has 0 aromatic rings. The topological polar surface area (TPSA) is 89.9 Å². The number of hydrogen-bond donors (Lipinski definition) is 5. The Morgan fingerprint density at radius 1 is 1.18 bits per heavy atom. The zero-order valence-corrected chi connectivity index (χ0v) is 24.1. The van der Waals surface area contributed by atoms with Crippen LogP contribution in [-0.4, -0.2) is 60.1 Å². The lowest BCUT2D eigenvalue weighted by Gasteiger charge is -2.34. The Hall–Kier alpha value is -0.800. The fourth-order valence-corrected chi connectivity index (χ4v) is 5.00. The van der Waals surface area contributed by atoms with Crippen LogP contribution in [0.3, 0.4) is 0 Å². The number of nitrogens with one attached hydrogen (secondary N) is 4. The summed E-state index contributed by atoms with van der Waals surface area (Å²) in [5.41, 5.74) is 7.47. The molecule has 0 spiro atoms. The van der Waals surface area contributed by atoms with Crippen molar-refractivity contribution in [2.75, 3.05) is 32.2 Å². The van der Waals surface area contributed by atoms with Crippen LogP contribution >= 0.6 is 11.8 Å². The highest BCUT2D eigenvalue weighted by Crippen LogP contribution is 2.27. The molecule has 0 amide bonds. The summed E-state index contributed by atoms with van der Waals surface area (Å²) in [4.78, 5) is 4.87. The summed E-state index contributed by atoms with van der Waals surface area (Å²) < 4.78 is 5.73. The van der Waals surface area contributed by atoms with Crippen LogP contribution in [0.25, 0.3) is 0 Å². The monoisotopic (exact) mass is 499 g/mol. The smallest absolute Gasteiger partial charge is 0.124 e. The predicted molar refractivity (Wildman–Crippen MR) is 148 cm³/mol. The van der Waals surface area contributed by atoms with E-state index in [0.717, 1.165) is 43.2 Å². The van der Waals surface area contributed by atoms with E-state index in [9.17, 15) is 5.11 Å². The SMILES string of the molecule is CCSC(C)/C(=C\C(=N/CNNC1CCCCO1)NC(C)(C)CC(C)(C)C)NCC(C)(C)CO. The summed E-state index contributed by atoms with van der Waals surface area (Å²) in [6.45, 7) is 21.9. The van der Waals surface area contributed by atoms with E-state index >= 15 is 0 Å². The van der Waals surface area contributed by atoms with Gasteiger partial charge in [-0.2, -0.15) is 11.8 Å². The number of nitrogens with zero attached hydrogens (tertiary/aromatic N) is 1. The lowest BCUT2D eigenvalue weighted by atomic mass is 9.82. The molecule has 0 saturated carbocycles. The number of amidine groups is 1. The van der Waals surface area contributed by atoms with E-state index in [-0.39, 0.29) is 29.2 Å². The number of thioether (sulfide) groups is 1. The number of hydrazine groups is 1. The first-order valence-corrected chi connectivity index (χ1v) is 13.9. The summed E-state index contributed by atoms with van der Waals surface area (Å²) >= 11 is 1.89.